The van der Waals surface area contributed by atoms with Gasteiger partial charge in [0.15, 0.2) is 11.5 Å². The molecule has 0 unspecified atom stereocenters. The highest BCUT2D eigenvalue weighted by Gasteiger charge is 2.52. The third-order valence-electron chi connectivity index (χ3n) is 4.09. The molecule has 4 nitrogen and oxygen atoms in total. The third kappa shape index (κ3) is 3.04. The van der Waals surface area contributed by atoms with Crippen molar-refractivity contribution in [2.24, 2.45) is 0 Å². The second-order valence-corrected chi connectivity index (χ2v) is 6.63. The molecule has 5 heteroatoms. The lowest BCUT2D eigenvalue weighted by atomic mass is 9.78. The van der Waals surface area contributed by atoms with Gasteiger partial charge in [-0.05, 0) is 47.6 Å². The Kier molecular flexibility index (Phi) is 4.27. The van der Waals surface area contributed by atoms with Gasteiger partial charge in [0.25, 0.3) is 0 Å². The van der Waals surface area contributed by atoms with Crippen LogP contribution in [0.15, 0.2) is 18.2 Å². The monoisotopic (exact) mass is 292 g/mol. The van der Waals surface area contributed by atoms with Gasteiger partial charge in [-0.2, -0.15) is 0 Å². The van der Waals surface area contributed by atoms with Gasteiger partial charge in [0.2, 0.25) is 0 Å². The second kappa shape index (κ2) is 5.54. The number of methoxy groups -OCH3 is 1. The van der Waals surface area contributed by atoms with Gasteiger partial charge in [-0.1, -0.05) is 12.1 Å². The van der Waals surface area contributed by atoms with Crippen LogP contribution in [-0.4, -0.2) is 31.5 Å². The molecule has 1 aromatic rings. The maximum Gasteiger partial charge on any atom is 0.498 e. The average molecular weight is 292 g/mol. The normalized spacial score (nSPS) is 19.9. The molecule has 0 N–H and O–H groups in total. The van der Waals surface area contributed by atoms with Crippen molar-refractivity contribution in [2.45, 2.75) is 58.8 Å². The van der Waals surface area contributed by atoms with E-state index in [9.17, 15) is 0 Å². The van der Waals surface area contributed by atoms with Crippen LogP contribution in [0.5, 0.6) is 11.5 Å². The van der Waals surface area contributed by atoms with Crippen molar-refractivity contribution in [2.75, 3.05) is 7.11 Å². The summed E-state index contributed by atoms with van der Waals surface area (Å²) in [7, 11) is 1.18. The van der Waals surface area contributed by atoms with Crippen LogP contribution in [0, 0.1) is 0 Å². The molecule has 1 saturated heterocycles. The molecule has 1 heterocycles. The van der Waals surface area contributed by atoms with E-state index >= 15 is 0 Å². The number of ether oxygens (including phenoxy) is 2. The summed E-state index contributed by atoms with van der Waals surface area (Å²) in [5, 5.41) is 0. The molecule has 0 radical (unpaired) electrons. The molecule has 0 amide bonds. The van der Waals surface area contributed by atoms with Crippen LogP contribution < -0.4 is 14.9 Å². The van der Waals surface area contributed by atoms with E-state index in [1.165, 1.54) is 0 Å². The Balaban J connectivity index is 2.41. The van der Waals surface area contributed by atoms with Crippen LogP contribution in [-0.2, 0) is 9.31 Å². The van der Waals surface area contributed by atoms with Crippen molar-refractivity contribution in [1.82, 2.24) is 0 Å². The Morgan fingerprint density at radius 3 is 2.10 bits per heavy atom. The Labute approximate surface area is 127 Å². The van der Waals surface area contributed by atoms with Crippen molar-refractivity contribution in [3.63, 3.8) is 0 Å². The van der Waals surface area contributed by atoms with Crippen molar-refractivity contribution in [3.8, 4) is 11.5 Å². The first-order chi connectivity index (χ1) is 9.68. The minimum absolute atomic E-state index is 0.0440. The maximum absolute atomic E-state index is 6.11. The van der Waals surface area contributed by atoms with Crippen LogP contribution in [0.25, 0.3) is 0 Å². The highest BCUT2D eigenvalue weighted by Crippen LogP contribution is 2.38. The molecular weight excluding hydrogens is 267 g/mol. The fraction of sp³-hybridized carbons (Fsp3) is 0.625. The molecule has 0 aliphatic carbocycles. The molecule has 116 valence electrons. The van der Waals surface area contributed by atoms with E-state index in [-0.39, 0.29) is 17.3 Å². The Hall–Kier alpha value is -1.20. The lowest BCUT2D eigenvalue weighted by molar-refractivity contribution is 0.00578. The summed E-state index contributed by atoms with van der Waals surface area (Å²) in [5.74, 6) is 1.38. The van der Waals surface area contributed by atoms with Gasteiger partial charge in [0.1, 0.15) is 0 Å². The molecule has 0 aromatic heterocycles. The Morgan fingerprint density at radius 1 is 1.05 bits per heavy atom. The fourth-order valence-electron chi connectivity index (χ4n) is 2.21. The quantitative estimate of drug-likeness (QED) is 0.800. The highest BCUT2D eigenvalue weighted by molar-refractivity contribution is 6.63. The van der Waals surface area contributed by atoms with Gasteiger partial charge in [-0.15, -0.1) is 0 Å². The van der Waals surface area contributed by atoms with Gasteiger partial charge >= 0.3 is 7.12 Å². The van der Waals surface area contributed by atoms with Gasteiger partial charge in [-0.3, -0.25) is 0 Å². The van der Waals surface area contributed by atoms with E-state index in [1.54, 1.807) is 7.11 Å². The molecule has 1 fully saturated rings. The molecular formula is C16H25BO4. The zero-order valence-corrected chi connectivity index (χ0v) is 14.0. The SMILES string of the molecule is COc1cccc(B2OC(C)(C)C(C)(C)O2)c1OC(C)C. The maximum atomic E-state index is 6.11. The van der Waals surface area contributed by atoms with Gasteiger partial charge in [-0.25, -0.2) is 0 Å². The van der Waals surface area contributed by atoms with E-state index < -0.39 is 7.12 Å². The summed E-state index contributed by atoms with van der Waals surface area (Å²) in [4.78, 5) is 0. The largest absolute Gasteiger partial charge is 0.498 e. The van der Waals surface area contributed by atoms with E-state index in [2.05, 4.69) is 0 Å². The predicted octanol–water partition coefficient (Wildman–Crippen LogP) is 2.78. The molecule has 1 aromatic carbocycles. The lowest BCUT2D eigenvalue weighted by Gasteiger charge is -2.32. The first-order valence-electron chi connectivity index (χ1n) is 7.37. The van der Waals surface area contributed by atoms with E-state index in [0.717, 1.165) is 5.46 Å². The number of para-hydroxylation sites is 1. The summed E-state index contributed by atoms with van der Waals surface area (Å²) < 4.78 is 23.6. The minimum atomic E-state index is -0.459. The molecule has 0 spiro atoms. The Morgan fingerprint density at radius 2 is 1.62 bits per heavy atom. The summed E-state index contributed by atoms with van der Waals surface area (Å²) in [5.41, 5.74) is 0.104. The molecule has 1 aliphatic heterocycles. The van der Waals surface area contributed by atoms with Gasteiger partial charge < -0.3 is 18.8 Å². The number of rotatable bonds is 4. The molecule has 2 rings (SSSR count). The highest BCUT2D eigenvalue weighted by atomic mass is 16.7. The van der Waals surface area contributed by atoms with E-state index in [4.69, 9.17) is 18.8 Å². The van der Waals surface area contributed by atoms with Crippen LogP contribution in [0.3, 0.4) is 0 Å². The van der Waals surface area contributed by atoms with E-state index in [1.807, 2.05) is 59.7 Å². The third-order valence-corrected chi connectivity index (χ3v) is 4.09. The standard InChI is InChI=1S/C16H25BO4/c1-11(2)19-14-12(9-8-10-13(14)18-7)17-20-15(3,4)16(5,6)21-17/h8-11H,1-7H3. The number of hydrogen-bond donors (Lipinski definition) is 0. The van der Waals surface area contributed by atoms with Crippen molar-refractivity contribution >= 4 is 12.6 Å². The fourth-order valence-corrected chi connectivity index (χ4v) is 2.21. The van der Waals surface area contributed by atoms with Crippen molar-refractivity contribution in [3.05, 3.63) is 18.2 Å². The first kappa shape index (κ1) is 16.2. The van der Waals surface area contributed by atoms with Crippen molar-refractivity contribution < 1.29 is 18.8 Å². The van der Waals surface area contributed by atoms with Crippen LogP contribution in [0.1, 0.15) is 41.5 Å². The predicted molar refractivity (Wildman–Crippen MR) is 84.5 cm³/mol. The van der Waals surface area contributed by atoms with Crippen LogP contribution in [0.4, 0.5) is 0 Å². The summed E-state index contributed by atoms with van der Waals surface area (Å²) in [6, 6.07) is 5.77. The lowest BCUT2D eigenvalue weighted by Crippen LogP contribution is -2.41. The number of hydrogen-bond acceptors (Lipinski definition) is 4. The van der Waals surface area contributed by atoms with Gasteiger partial charge in [0.05, 0.1) is 24.4 Å². The van der Waals surface area contributed by atoms with E-state index in [0.29, 0.717) is 11.5 Å². The zero-order chi connectivity index (χ0) is 15.8. The summed E-state index contributed by atoms with van der Waals surface area (Å²) >= 11 is 0. The summed E-state index contributed by atoms with van der Waals surface area (Å²) in [6.07, 6.45) is 0.0440. The van der Waals surface area contributed by atoms with Gasteiger partial charge in [0, 0.05) is 5.46 Å². The van der Waals surface area contributed by atoms with Crippen LogP contribution >= 0.6 is 0 Å². The average Bonchev–Trinajstić information content (AvgIpc) is 2.58. The molecule has 0 bridgehead atoms. The zero-order valence-electron chi connectivity index (χ0n) is 14.0. The topological polar surface area (TPSA) is 36.9 Å². The number of benzene rings is 1. The molecule has 0 saturated carbocycles. The van der Waals surface area contributed by atoms with Crippen LogP contribution in [0.2, 0.25) is 0 Å². The minimum Gasteiger partial charge on any atom is -0.493 e. The Bertz CT molecular complexity index is 495. The smallest absolute Gasteiger partial charge is 0.493 e. The first-order valence-corrected chi connectivity index (χ1v) is 7.37. The van der Waals surface area contributed by atoms with Crippen molar-refractivity contribution in [1.29, 1.82) is 0 Å². The molecule has 0 atom stereocenters. The second-order valence-electron chi connectivity index (χ2n) is 6.63. The molecule has 21 heavy (non-hydrogen) atoms. The molecule has 1 aliphatic rings. The summed E-state index contributed by atoms with van der Waals surface area (Å²) in [6.45, 7) is 12.1.